The summed E-state index contributed by atoms with van der Waals surface area (Å²) in [6.07, 6.45) is 0.234. The van der Waals surface area contributed by atoms with Gasteiger partial charge in [-0.15, -0.1) is 0 Å². The quantitative estimate of drug-likeness (QED) is 0.686. The maximum Gasteiger partial charge on any atom is 0.408 e. The highest BCUT2D eigenvalue weighted by atomic mass is 32.2. The van der Waals surface area contributed by atoms with Crippen molar-refractivity contribution >= 4 is 27.5 Å². The molecule has 2 N–H and O–H groups in total. The largest absolute Gasteiger partial charge is 0.445 e. The Hall–Kier alpha value is -2.87. The molecule has 8 heteroatoms. The summed E-state index contributed by atoms with van der Waals surface area (Å²) < 4.78 is 28.2. The fraction of sp³-hybridized carbons (Fsp3) is 0.333. The fourth-order valence-corrected chi connectivity index (χ4v) is 3.45. The summed E-state index contributed by atoms with van der Waals surface area (Å²) in [5, 5.41) is 5.21. The zero-order valence-electron chi connectivity index (χ0n) is 16.8. The summed E-state index contributed by atoms with van der Waals surface area (Å²) >= 11 is 0. The summed E-state index contributed by atoms with van der Waals surface area (Å²) in [5.74, 6) is -0.744. The molecule has 156 valence electrons. The highest BCUT2D eigenvalue weighted by Gasteiger charge is 2.23. The van der Waals surface area contributed by atoms with Gasteiger partial charge in [0.1, 0.15) is 22.5 Å². The molecule has 0 bridgehead atoms. The van der Waals surface area contributed by atoms with Crippen LogP contribution in [0.2, 0.25) is 0 Å². The molecule has 7 nitrogen and oxygen atoms in total. The van der Waals surface area contributed by atoms with Gasteiger partial charge in [0.25, 0.3) is 0 Å². The van der Waals surface area contributed by atoms with Crippen molar-refractivity contribution in [1.82, 2.24) is 5.32 Å². The van der Waals surface area contributed by atoms with E-state index < -0.39 is 27.9 Å². The van der Waals surface area contributed by atoms with Crippen molar-refractivity contribution < 1.29 is 22.7 Å². The Kier molecular flexibility index (Phi) is 7.78. The smallest absolute Gasteiger partial charge is 0.408 e. The van der Waals surface area contributed by atoms with Gasteiger partial charge in [0, 0.05) is 11.9 Å². The first-order valence-corrected chi connectivity index (χ1v) is 11.2. The minimum Gasteiger partial charge on any atom is -0.445 e. The van der Waals surface area contributed by atoms with Gasteiger partial charge in [0.05, 0.1) is 5.75 Å². The molecule has 0 saturated heterocycles. The van der Waals surface area contributed by atoms with Crippen LogP contribution in [0.4, 0.5) is 10.5 Å². The molecule has 2 aromatic carbocycles. The number of carbonyl (C=O) groups excluding carboxylic acids is 2. The molecule has 0 fully saturated rings. The lowest BCUT2D eigenvalue weighted by molar-refractivity contribution is -0.118. The average molecular weight is 419 g/mol. The van der Waals surface area contributed by atoms with E-state index in [1.165, 1.54) is 0 Å². The maximum atomic E-state index is 12.7. The van der Waals surface area contributed by atoms with E-state index in [-0.39, 0.29) is 18.8 Å². The Morgan fingerprint density at radius 2 is 1.66 bits per heavy atom. The van der Waals surface area contributed by atoms with Gasteiger partial charge in [-0.2, -0.15) is 0 Å². The molecule has 0 saturated carbocycles. The molecule has 0 aliphatic rings. The van der Waals surface area contributed by atoms with E-state index >= 15 is 0 Å². The number of anilines is 1. The van der Waals surface area contributed by atoms with Gasteiger partial charge in [-0.05, 0) is 49.1 Å². The molecule has 0 aromatic heterocycles. The number of hydrogen-bond donors (Lipinski definition) is 2. The number of rotatable bonds is 8. The van der Waals surface area contributed by atoms with E-state index in [4.69, 9.17) is 4.74 Å². The van der Waals surface area contributed by atoms with E-state index in [2.05, 4.69) is 10.6 Å². The molecule has 0 spiro atoms. The Morgan fingerprint density at radius 1 is 1.03 bits per heavy atom. The van der Waals surface area contributed by atoms with Crippen LogP contribution in [0.25, 0.3) is 0 Å². The first-order valence-electron chi connectivity index (χ1n) is 9.16. The van der Waals surface area contributed by atoms with E-state index in [1.54, 1.807) is 24.3 Å². The van der Waals surface area contributed by atoms with Crippen LogP contribution < -0.4 is 10.6 Å². The standard InChI is InChI=1S/C21H26N2O5S/c1-15-11-16(2)13-18(12-15)22-20(24)19(9-10-29(3,26)27)23-21(25)28-14-17-7-5-4-6-8-17/h4-8,11-13,19H,9-10,14H2,1-3H3,(H,22,24)(H,23,25)/t19-/m0/s1. The molecule has 0 unspecified atom stereocenters. The van der Waals surface area contributed by atoms with E-state index in [0.29, 0.717) is 5.69 Å². The van der Waals surface area contributed by atoms with Crippen LogP contribution in [0.5, 0.6) is 0 Å². The van der Waals surface area contributed by atoms with Crippen molar-refractivity contribution in [3.8, 4) is 0 Å². The topological polar surface area (TPSA) is 102 Å². The van der Waals surface area contributed by atoms with E-state index in [1.807, 2.05) is 38.1 Å². The number of ether oxygens (including phenoxy) is 1. The molecule has 0 radical (unpaired) electrons. The predicted octanol–water partition coefficient (Wildman–Crippen LogP) is 2.97. The highest BCUT2D eigenvalue weighted by molar-refractivity contribution is 7.90. The van der Waals surface area contributed by atoms with Crippen LogP contribution in [0.15, 0.2) is 48.5 Å². The number of carbonyl (C=O) groups is 2. The number of aryl methyl sites for hydroxylation is 2. The van der Waals surface area contributed by atoms with Crippen LogP contribution in [0.1, 0.15) is 23.1 Å². The van der Waals surface area contributed by atoms with Gasteiger partial charge in [0.2, 0.25) is 5.91 Å². The highest BCUT2D eigenvalue weighted by Crippen LogP contribution is 2.14. The number of benzene rings is 2. The van der Waals surface area contributed by atoms with Crippen LogP contribution in [0, 0.1) is 13.8 Å². The Bertz CT molecular complexity index is 938. The molecule has 0 aliphatic heterocycles. The van der Waals surface area contributed by atoms with E-state index in [9.17, 15) is 18.0 Å². The minimum absolute atomic E-state index is 0.0458. The molecule has 2 amide bonds. The predicted molar refractivity (Wildman–Crippen MR) is 112 cm³/mol. The second-order valence-corrected chi connectivity index (χ2v) is 9.30. The summed E-state index contributed by atoms with van der Waals surface area (Å²) in [6.45, 7) is 3.86. The van der Waals surface area contributed by atoms with Crippen LogP contribution >= 0.6 is 0 Å². The van der Waals surface area contributed by atoms with Crippen LogP contribution in [0.3, 0.4) is 0 Å². The fourth-order valence-electron chi connectivity index (χ4n) is 2.78. The second kappa shape index (κ2) is 10.1. The van der Waals surface area contributed by atoms with E-state index in [0.717, 1.165) is 22.9 Å². The monoisotopic (exact) mass is 418 g/mol. The molecule has 2 rings (SSSR count). The van der Waals surface area contributed by atoms with Crippen molar-refractivity contribution in [3.63, 3.8) is 0 Å². The molecule has 29 heavy (non-hydrogen) atoms. The third kappa shape index (κ3) is 8.35. The molecular weight excluding hydrogens is 392 g/mol. The van der Waals surface area contributed by atoms with Crippen molar-refractivity contribution in [2.24, 2.45) is 0 Å². The SMILES string of the molecule is Cc1cc(C)cc(NC(=O)[C@H](CCS(C)(=O)=O)NC(=O)OCc2ccccc2)c1. The zero-order chi connectivity index (χ0) is 21.4. The molecule has 1 atom stereocenters. The number of alkyl carbamates (subject to hydrolysis) is 1. The number of nitrogens with one attached hydrogen (secondary N) is 2. The van der Waals surface area contributed by atoms with Crippen molar-refractivity contribution in [2.75, 3.05) is 17.3 Å². The average Bonchev–Trinajstić information content (AvgIpc) is 2.62. The first kappa shape index (κ1) is 22.4. The lowest BCUT2D eigenvalue weighted by atomic mass is 10.1. The third-order valence-electron chi connectivity index (χ3n) is 4.09. The number of sulfone groups is 1. The van der Waals surface area contributed by atoms with Crippen molar-refractivity contribution in [2.45, 2.75) is 32.9 Å². The Morgan fingerprint density at radius 3 is 2.24 bits per heavy atom. The maximum absolute atomic E-state index is 12.7. The second-order valence-electron chi connectivity index (χ2n) is 7.04. The van der Waals surface area contributed by atoms with Crippen LogP contribution in [-0.4, -0.2) is 38.5 Å². The van der Waals surface area contributed by atoms with Gasteiger partial charge in [-0.25, -0.2) is 13.2 Å². The summed E-state index contributed by atoms with van der Waals surface area (Å²) in [6, 6.07) is 13.6. The number of amides is 2. The third-order valence-corrected chi connectivity index (χ3v) is 5.07. The summed E-state index contributed by atoms with van der Waals surface area (Å²) in [7, 11) is -3.30. The van der Waals surface area contributed by atoms with Crippen molar-refractivity contribution in [3.05, 3.63) is 65.2 Å². The van der Waals surface area contributed by atoms with Gasteiger partial charge < -0.3 is 15.4 Å². The van der Waals surface area contributed by atoms with Gasteiger partial charge in [-0.1, -0.05) is 36.4 Å². The van der Waals surface area contributed by atoms with Crippen LogP contribution in [-0.2, 0) is 26.0 Å². The normalized spacial score (nSPS) is 12.1. The summed E-state index contributed by atoms with van der Waals surface area (Å²) in [4.78, 5) is 24.8. The summed E-state index contributed by atoms with van der Waals surface area (Å²) in [5.41, 5.74) is 3.33. The molecule has 0 aliphatic carbocycles. The minimum atomic E-state index is -3.30. The Labute approximate surface area is 171 Å². The lowest BCUT2D eigenvalue weighted by Crippen LogP contribution is -2.45. The molecule has 0 heterocycles. The molecule has 2 aromatic rings. The van der Waals surface area contributed by atoms with Gasteiger partial charge >= 0.3 is 6.09 Å². The number of hydrogen-bond acceptors (Lipinski definition) is 5. The van der Waals surface area contributed by atoms with Gasteiger partial charge in [-0.3, -0.25) is 4.79 Å². The first-order chi connectivity index (χ1) is 13.6. The van der Waals surface area contributed by atoms with Gasteiger partial charge in [0.15, 0.2) is 0 Å². The van der Waals surface area contributed by atoms with Crippen molar-refractivity contribution in [1.29, 1.82) is 0 Å². The lowest BCUT2D eigenvalue weighted by Gasteiger charge is -2.18. The molecular formula is C21H26N2O5S. The Balaban J connectivity index is 2.04. The zero-order valence-corrected chi connectivity index (χ0v) is 17.6.